The van der Waals surface area contributed by atoms with Crippen LogP contribution in [0.5, 0.6) is 11.6 Å². The lowest BCUT2D eigenvalue weighted by Crippen LogP contribution is -2.03. The summed E-state index contributed by atoms with van der Waals surface area (Å²) in [6, 6.07) is 3.89. The summed E-state index contributed by atoms with van der Waals surface area (Å²) in [4.78, 5) is 3.65. The molecule has 0 aliphatic rings. The van der Waals surface area contributed by atoms with Gasteiger partial charge in [0, 0.05) is 18.2 Å². The zero-order chi connectivity index (χ0) is 13.1. The molecule has 3 nitrogen and oxygen atoms in total. The highest BCUT2D eigenvalue weighted by molar-refractivity contribution is 5.33. The van der Waals surface area contributed by atoms with Crippen LogP contribution in [0.15, 0.2) is 30.5 Å². The first kappa shape index (κ1) is 12.4. The van der Waals surface area contributed by atoms with E-state index < -0.39 is 17.5 Å². The van der Waals surface area contributed by atoms with Crippen LogP contribution < -0.4 is 10.5 Å². The third-order valence-corrected chi connectivity index (χ3v) is 2.21. The van der Waals surface area contributed by atoms with Gasteiger partial charge in [-0.15, -0.1) is 0 Å². The smallest absolute Gasteiger partial charge is 0.224 e. The van der Waals surface area contributed by atoms with Crippen LogP contribution >= 0.6 is 0 Å². The number of halogens is 3. The second kappa shape index (κ2) is 5.05. The molecule has 0 saturated carbocycles. The number of aromatic nitrogens is 1. The fourth-order valence-corrected chi connectivity index (χ4v) is 1.37. The standard InChI is InChI=1S/C12H9F3N2O/c13-8-1-2-10(15)11(4-8)18-12-7(5-16)3-9(14)6-17-12/h1-4,6H,5,16H2. The van der Waals surface area contributed by atoms with Gasteiger partial charge in [0.05, 0.1) is 6.20 Å². The molecular formula is C12H9F3N2O. The van der Waals surface area contributed by atoms with Gasteiger partial charge in [0.15, 0.2) is 11.6 Å². The van der Waals surface area contributed by atoms with E-state index in [0.717, 1.165) is 30.5 Å². The highest BCUT2D eigenvalue weighted by atomic mass is 19.1. The first-order chi connectivity index (χ1) is 8.60. The molecule has 2 N–H and O–H groups in total. The second-order valence-corrected chi connectivity index (χ2v) is 3.50. The lowest BCUT2D eigenvalue weighted by molar-refractivity contribution is 0.415. The van der Waals surface area contributed by atoms with Gasteiger partial charge in [-0.1, -0.05) is 0 Å². The molecule has 1 aromatic heterocycles. The first-order valence-corrected chi connectivity index (χ1v) is 5.07. The molecule has 0 amide bonds. The lowest BCUT2D eigenvalue weighted by atomic mass is 10.2. The molecule has 0 radical (unpaired) electrons. The maximum atomic E-state index is 13.3. The van der Waals surface area contributed by atoms with Crippen LogP contribution in [0.3, 0.4) is 0 Å². The van der Waals surface area contributed by atoms with E-state index in [1.165, 1.54) is 0 Å². The second-order valence-electron chi connectivity index (χ2n) is 3.50. The highest BCUT2D eigenvalue weighted by Gasteiger charge is 2.11. The van der Waals surface area contributed by atoms with Crippen molar-refractivity contribution in [3.63, 3.8) is 0 Å². The van der Waals surface area contributed by atoms with Gasteiger partial charge in [-0.3, -0.25) is 0 Å². The number of hydrogen-bond acceptors (Lipinski definition) is 3. The minimum Gasteiger partial charge on any atom is -0.435 e. The molecule has 1 heterocycles. The number of ether oxygens (including phenoxy) is 1. The van der Waals surface area contributed by atoms with Crippen molar-refractivity contribution in [1.29, 1.82) is 0 Å². The van der Waals surface area contributed by atoms with E-state index in [0.29, 0.717) is 0 Å². The zero-order valence-electron chi connectivity index (χ0n) is 9.16. The van der Waals surface area contributed by atoms with Crippen molar-refractivity contribution < 1.29 is 17.9 Å². The van der Waals surface area contributed by atoms with E-state index in [-0.39, 0.29) is 23.7 Å². The van der Waals surface area contributed by atoms with Crippen LogP contribution in [-0.2, 0) is 6.54 Å². The fraction of sp³-hybridized carbons (Fsp3) is 0.0833. The van der Waals surface area contributed by atoms with Crippen LogP contribution in [0.1, 0.15) is 5.56 Å². The molecule has 2 aromatic rings. The Bertz CT molecular complexity index is 575. The molecule has 0 atom stereocenters. The summed E-state index contributed by atoms with van der Waals surface area (Å²) in [5.74, 6) is -2.36. The maximum absolute atomic E-state index is 13.3. The highest BCUT2D eigenvalue weighted by Crippen LogP contribution is 2.26. The summed E-state index contributed by atoms with van der Waals surface area (Å²) in [5, 5.41) is 0. The molecule has 94 valence electrons. The quantitative estimate of drug-likeness (QED) is 0.916. The Morgan fingerprint density at radius 1 is 1.11 bits per heavy atom. The largest absolute Gasteiger partial charge is 0.435 e. The summed E-state index contributed by atoms with van der Waals surface area (Å²) in [7, 11) is 0. The molecule has 0 saturated heterocycles. The Labute approximate surface area is 101 Å². The van der Waals surface area contributed by atoms with Crippen molar-refractivity contribution in [1.82, 2.24) is 4.98 Å². The van der Waals surface area contributed by atoms with E-state index in [4.69, 9.17) is 10.5 Å². The average molecular weight is 254 g/mol. The van der Waals surface area contributed by atoms with Crippen molar-refractivity contribution in [3.05, 3.63) is 53.5 Å². The van der Waals surface area contributed by atoms with Gasteiger partial charge in [0.25, 0.3) is 0 Å². The van der Waals surface area contributed by atoms with Crippen molar-refractivity contribution in [2.24, 2.45) is 5.73 Å². The molecule has 0 spiro atoms. The predicted octanol–water partition coefficient (Wildman–Crippen LogP) is 2.75. The van der Waals surface area contributed by atoms with Crippen molar-refractivity contribution in [2.45, 2.75) is 6.54 Å². The number of hydrogen-bond donors (Lipinski definition) is 1. The van der Waals surface area contributed by atoms with Crippen molar-refractivity contribution >= 4 is 0 Å². The lowest BCUT2D eigenvalue weighted by Gasteiger charge is -2.09. The molecule has 0 aliphatic carbocycles. The van der Waals surface area contributed by atoms with Crippen molar-refractivity contribution in [3.8, 4) is 11.6 Å². The number of pyridine rings is 1. The minimum atomic E-state index is -0.745. The van der Waals surface area contributed by atoms with Crippen LogP contribution in [0.4, 0.5) is 13.2 Å². The summed E-state index contributed by atoms with van der Waals surface area (Å²) < 4.78 is 44.3. The molecule has 1 aromatic carbocycles. The molecule has 6 heteroatoms. The average Bonchev–Trinajstić information content (AvgIpc) is 2.36. The van der Waals surface area contributed by atoms with E-state index in [2.05, 4.69) is 4.98 Å². The van der Waals surface area contributed by atoms with Gasteiger partial charge < -0.3 is 10.5 Å². The van der Waals surface area contributed by atoms with E-state index >= 15 is 0 Å². The minimum absolute atomic E-state index is 0.0307. The molecule has 2 rings (SSSR count). The van der Waals surface area contributed by atoms with Crippen LogP contribution in [0.2, 0.25) is 0 Å². The fourth-order valence-electron chi connectivity index (χ4n) is 1.37. The number of benzene rings is 1. The van der Waals surface area contributed by atoms with Crippen molar-refractivity contribution in [2.75, 3.05) is 0 Å². The maximum Gasteiger partial charge on any atom is 0.224 e. The van der Waals surface area contributed by atoms with Gasteiger partial charge in [-0.25, -0.2) is 18.2 Å². The Morgan fingerprint density at radius 2 is 1.89 bits per heavy atom. The van der Waals surface area contributed by atoms with Crippen LogP contribution in [0, 0.1) is 17.5 Å². The summed E-state index contributed by atoms with van der Waals surface area (Å²) >= 11 is 0. The number of nitrogens with zero attached hydrogens (tertiary/aromatic N) is 1. The van der Waals surface area contributed by atoms with Gasteiger partial charge in [0.2, 0.25) is 5.88 Å². The Morgan fingerprint density at radius 3 is 2.61 bits per heavy atom. The number of rotatable bonds is 3. The van der Waals surface area contributed by atoms with Gasteiger partial charge in [-0.05, 0) is 18.2 Å². The molecule has 18 heavy (non-hydrogen) atoms. The van der Waals surface area contributed by atoms with Crippen LogP contribution in [0.25, 0.3) is 0 Å². The van der Waals surface area contributed by atoms with Gasteiger partial charge >= 0.3 is 0 Å². The Kier molecular flexibility index (Phi) is 3.47. The van der Waals surface area contributed by atoms with E-state index in [9.17, 15) is 13.2 Å². The van der Waals surface area contributed by atoms with Gasteiger partial charge in [0.1, 0.15) is 11.6 Å². The summed E-state index contributed by atoms with van der Waals surface area (Å²) in [5.41, 5.74) is 5.65. The SMILES string of the molecule is NCc1cc(F)cnc1Oc1cc(F)ccc1F. The topological polar surface area (TPSA) is 48.1 Å². The predicted molar refractivity (Wildman–Crippen MR) is 58.5 cm³/mol. The van der Waals surface area contributed by atoms with Gasteiger partial charge in [-0.2, -0.15) is 0 Å². The third-order valence-electron chi connectivity index (χ3n) is 2.21. The molecular weight excluding hydrogens is 245 g/mol. The molecule has 0 fully saturated rings. The monoisotopic (exact) mass is 254 g/mol. The summed E-state index contributed by atoms with van der Waals surface area (Å²) in [6.45, 7) is -0.0307. The number of nitrogens with two attached hydrogens (primary N) is 1. The third kappa shape index (κ3) is 2.60. The first-order valence-electron chi connectivity index (χ1n) is 5.07. The Hall–Kier alpha value is -2.08. The normalized spacial score (nSPS) is 10.4. The Balaban J connectivity index is 2.36. The van der Waals surface area contributed by atoms with Crippen LogP contribution in [-0.4, -0.2) is 4.98 Å². The molecule has 0 aliphatic heterocycles. The summed E-state index contributed by atoms with van der Waals surface area (Å²) in [6.07, 6.45) is 0.908. The molecule has 0 bridgehead atoms. The zero-order valence-corrected chi connectivity index (χ0v) is 9.16. The van der Waals surface area contributed by atoms with E-state index in [1.807, 2.05) is 0 Å². The van der Waals surface area contributed by atoms with E-state index in [1.54, 1.807) is 0 Å². The molecule has 0 unspecified atom stereocenters.